The summed E-state index contributed by atoms with van der Waals surface area (Å²) in [6.07, 6.45) is -0.124. The number of carbonyl (C=O) groups is 2. The molecule has 5 heteroatoms. The molecule has 1 heterocycles. The summed E-state index contributed by atoms with van der Waals surface area (Å²) in [6.45, 7) is 4.06. The van der Waals surface area contributed by atoms with Crippen molar-refractivity contribution in [3.63, 3.8) is 0 Å². The Labute approximate surface area is 116 Å². The van der Waals surface area contributed by atoms with Crippen molar-refractivity contribution < 1.29 is 14.7 Å². The second-order valence-electron chi connectivity index (χ2n) is 4.64. The van der Waals surface area contributed by atoms with Gasteiger partial charge >= 0.3 is 0 Å². The van der Waals surface area contributed by atoms with Gasteiger partial charge < -0.3 is 14.8 Å². The van der Waals surface area contributed by atoms with Crippen LogP contribution < -0.4 is 5.11 Å². The molecule has 0 radical (unpaired) electrons. The average Bonchev–Trinajstić information content (AvgIpc) is 2.64. The molecule has 1 aliphatic rings. The Bertz CT molecular complexity index is 503. The van der Waals surface area contributed by atoms with Crippen LogP contribution in [0.25, 0.3) is 0 Å². The van der Waals surface area contributed by atoms with E-state index < -0.39 is 5.97 Å². The molecular formula is C14H16NO3S-. The first kappa shape index (κ1) is 13.9. The van der Waals surface area contributed by atoms with Gasteiger partial charge in [0.15, 0.2) is 0 Å². The largest absolute Gasteiger partial charge is 0.550 e. The maximum Gasteiger partial charge on any atom is 0.236 e. The molecule has 1 aromatic rings. The minimum atomic E-state index is -1.12. The van der Waals surface area contributed by atoms with Gasteiger partial charge in [0.1, 0.15) is 5.37 Å². The number of rotatable bonds is 4. The van der Waals surface area contributed by atoms with Gasteiger partial charge in [0.25, 0.3) is 0 Å². The van der Waals surface area contributed by atoms with Gasteiger partial charge in [0.2, 0.25) is 5.91 Å². The number of hydrogen-bond acceptors (Lipinski definition) is 4. The van der Waals surface area contributed by atoms with Crippen LogP contribution >= 0.6 is 11.8 Å². The minimum Gasteiger partial charge on any atom is -0.550 e. The van der Waals surface area contributed by atoms with Crippen LogP contribution in [0.3, 0.4) is 0 Å². The van der Waals surface area contributed by atoms with Gasteiger partial charge in [-0.1, -0.05) is 24.3 Å². The Morgan fingerprint density at radius 3 is 2.74 bits per heavy atom. The van der Waals surface area contributed by atoms with Gasteiger partial charge in [0, 0.05) is 18.9 Å². The molecular weight excluding hydrogens is 262 g/mol. The zero-order chi connectivity index (χ0) is 14.0. The summed E-state index contributed by atoms with van der Waals surface area (Å²) in [5.41, 5.74) is 2.18. The Hall–Kier alpha value is -1.49. The predicted octanol–water partition coefficient (Wildman–Crippen LogP) is 1.10. The summed E-state index contributed by atoms with van der Waals surface area (Å²) < 4.78 is 0. The Morgan fingerprint density at radius 2 is 2.11 bits per heavy atom. The van der Waals surface area contributed by atoms with E-state index in [-0.39, 0.29) is 29.5 Å². The van der Waals surface area contributed by atoms with E-state index in [2.05, 4.69) is 0 Å². The average molecular weight is 278 g/mol. The van der Waals surface area contributed by atoms with Gasteiger partial charge in [-0.25, -0.2) is 0 Å². The Balaban J connectivity index is 2.25. The highest BCUT2D eigenvalue weighted by atomic mass is 32.2. The highest BCUT2D eigenvalue weighted by molar-refractivity contribution is 8.01. The van der Waals surface area contributed by atoms with Crippen molar-refractivity contribution in [2.75, 3.05) is 6.54 Å². The number of thioether (sulfide) groups is 1. The molecule has 1 fully saturated rings. The number of carboxylic acid groups (broad SMARTS) is 1. The normalized spacial score (nSPS) is 22.8. The molecule has 0 N–H and O–H groups in total. The third kappa shape index (κ3) is 2.92. The second kappa shape index (κ2) is 5.65. The first-order valence-electron chi connectivity index (χ1n) is 6.22. The molecule has 1 aromatic carbocycles. The molecule has 0 aromatic heterocycles. The third-order valence-electron chi connectivity index (χ3n) is 3.26. The number of carbonyl (C=O) groups excluding carboxylic acids is 2. The summed E-state index contributed by atoms with van der Waals surface area (Å²) in [7, 11) is 0. The number of amides is 1. The summed E-state index contributed by atoms with van der Waals surface area (Å²) in [4.78, 5) is 24.3. The summed E-state index contributed by atoms with van der Waals surface area (Å²) in [5, 5.41) is 10.4. The van der Waals surface area contributed by atoms with E-state index in [1.807, 2.05) is 38.1 Å². The zero-order valence-corrected chi connectivity index (χ0v) is 11.8. The Morgan fingerprint density at radius 1 is 1.42 bits per heavy atom. The van der Waals surface area contributed by atoms with E-state index >= 15 is 0 Å². The van der Waals surface area contributed by atoms with Crippen LogP contribution in [0, 0.1) is 6.92 Å². The lowest BCUT2D eigenvalue weighted by atomic mass is 10.1. The van der Waals surface area contributed by atoms with Crippen molar-refractivity contribution in [1.82, 2.24) is 4.90 Å². The zero-order valence-electron chi connectivity index (χ0n) is 11.0. The van der Waals surface area contributed by atoms with E-state index in [1.54, 1.807) is 16.7 Å². The molecule has 1 saturated heterocycles. The Kier molecular flexibility index (Phi) is 4.14. The number of aliphatic carboxylic acids is 1. The van der Waals surface area contributed by atoms with Crippen molar-refractivity contribution >= 4 is 23.6 Å². The van der Waals surface area contributed by atoms with Crippen LogP contribution in [0.5, 0.6) is 0 Å². The fourth-order valence-corrected chi connectivity index (χ4v) is 3.62. The van der Waals surface area contributed by atoms with Crippen LogP contribution in [-0.2, 0) is 9.59 Å². The standard InChI is InChI=1S/C14H17NO3S/c1-9-5-3-4-6-11(9)14-15(8-7-12(16)17)13(18)10(2)19-14/h3-6,10,14H,7-8H2,1-2H3,(H,16,17)/p-1/t10-,14-/m0/s1. The molecule has 1 aliphatic heterocycles. The van der Waals surface area contributed by atoms with Crippen LogP contribution in [0.1, 0.15) is 29.8 Å². The molecule has 0 spiro atoms. The van der Waals surface area contributed by atoms with Gasteiger partial charge in [-0.15, -0.1) is 11.8 Å². The first-order chi connectivity index (χ1) is 9.00. The molecule has 19 heavy (non-hydrogen) atoms. The van der Waals surface area contributed by atoms with Crippen molar-refractivity contribution in [2.45, 2.75) is 30.9 Å². The third-order valence-corrected chi connectivity index (χ3v) is 4.63. The summed E-state index contributed by atoms with van der Waals surface area (Å²) >= 11 is 1.56. The van der Waals surface area contributed by atoms with Crippen LogP contribution in [0.4, 0.5) is 0 Å². The van der Waals surface area contributed by atoms with E-state index in [4.69, 9.17) is 0 Å². The van der Waals surface area contributed by atoms with Gasteiger partial charge in [-0.3, -0.25) is 4.79 Å². The molecule has 0 aliphatic carbocycles. The molecule has 0 bridgehead atoms. The van der Waals surface area contributed by atoms with Crippen molar-refractivity contribution in [2.24, 2.45) is 0 Å². The first-order valence-corrected chi connectivity index (χ1v) is 7.16. The van der Waals surface area contributed by atoms with Crippen LogP contribution in [0.15, 0.2) is 24.3 Å². The van der Waals surface area contributed by atoms with E-state index in [1.165, 1.54) is 0 Å². The number of hydrogen-bond donors (Lipinski definition) is 0. The molecule has 2 atom stereocenters. The molecule has 1 amide bonds. The highest BCUT2D eigenvalue weighted by Crippen LogP contribution is 2.43. The molecule has 0 saturated carbocycles. The van der Waals surface area contributed by atoms with Crippen molar-refractivity contribution in [3.05, 3.63) is 35.4 Å². The van der Waals surface area contributed by atoms with Gasteiger partial charge in [0.05, 0.1) is 5.25 Å². The van der Waals surface area contributed by atoms with Gasteiger partial charge in [-0.05, 0) is 25.0 Å². The smallest absolute Gasteiger partial charge is 0.236 e. The number of carboxylic acids is 1. The minimum absolute atomic E-state index is 0.000460. The fourth-order valence-electron chi connectivity index (χ4n) is 2.22. The number of nitrogens with zero attached hydrogens (tertiary/aromatic N) is 1. The topological polar surface area (TPSA) is 60.4 Å². The maximum absolute atomic E-state index is 12.1. The summed E-state index contributed by atoms with van der Waals surface area (Å²) in [6, 6.07) is 7.88. The van der Waals surface area contributed by atoms with Gasteiger partial charge in [-0.2, -0.15) is 0 Å². The molecule has 102 valence electrons. The van der Waals surface area contributed by atoms with E-state index in [0.717, 1.165) is 11.1 Å². The predicted molar refractivity (Wildman–Crippen MR) is 72.3 cm³/mol. The fraction of sp³-hybridized carbons (Fsp3) is 0.429. The summed E-state index contributed by atoms with van der Waals surface area (Å²) in [5.74, 6) is -1.12. The second-order valence-corrected chi connectivity index (χ2v) is 6.07. The molecule has 4 nitrogen and oxygen atoms in total. The quantitative estimate of drug-likeness (QED) is 0.827. The highest BCUT2D eigenvalue weighted by Gasteiger charge is 2.38. The monoisotopic (exact) mass is 278 g/mol. The SMILES string of the molecule is Cc1ccccc1[C@@H]1S[C@@H](C)C(=O)N1CCC(=O)[O-]. The number of benzene rings is 1. The molecule has 0 unspecified atom stereocenters. The van der Waals surface area contributed by atoms with Crippen molar-refractivity contribution in [1.29, 1.82) is 0 Å². The maximum atomic E-state index is 12.1. The van der Waals surface area contributed by atoms with E-state index in [0.29, 0.717) is 0 Å². The van der Waals surface area contributed by atoms with Crippen LogP contribution in [0.2, 0.25) is 0 Å². The lowest BCUT2D eigenvalue weighted by Gasteiger charge is -2.25. The van der Waals surface area contributed by atoms with Crippen molar-refractivity contribution in [3.8, 4) is 0 Å². The van der Waals surface area contributed by atoms with Crippen LogP contribution in [-0.4, -0.2) is 28.6 Å². The molecule has 2 rings (SSSR count). The van der Waals surface area contributed by atoms with E-state index in [9.17, 15) is 14.7 Å². The number of aryl methyl sites for hydroxylation is 1. The lowest BCUT2D eigenvalue weighted by molar-refractivity contribution is -0.305. The lowest BCUT2D eigenvalue weighted by Crippen LogP contribution is -2.35.